The van der Waals surface area contributed by atoms with E-state index in [9.17, 15) is 13.2 Å². The predicted molar refractivity (Wildman–Crippen MR) is 151 cm³/mol. The maximum absolute atomic E-state index is 12.0. The Labute approximate surface area is 234 Å². The zero-order chi connectivity index (χ0) is 28.9. The standard InChI is InChI=1S/C29H32N2O8S/c1-6-38-28(32)18-39-22-11-7-19(8-12-22)24-17-25(20-15-26(35-2)29(37-4)27(16-20)36-3)31(30-24)21-9-13-23(14-10-21)40(5,33)34/h7-16,25H,6,17-18H2,1-5H3. The van der Waals surface area contributed by atoms with Crippen molar-refractivity contribution in [1.29, 1.82) is 0 Å². The van der Waals surface area contributed by atoms with Gasteiger partial charge in [0.05, 0.1) is 50.3 Å². The van der Waals surface area contributed by atoms with Crippen molar-refractivity contribution < 1.29 is 36.9 Å². The van der Waals surface area contributed by atoms with E-state index in [0.717, 1.165) is 22.5 Å². The molecule has 0 aromatic heterocycles. The maximum Gasteiger partial charge on any atom is 0.344 e. The highest BCUT2D eigenvalue weighted by Crippen LogP contribution is 2.44. The first kappa shape index (κ1) is 28.8. The molecule has 1 atom stereocenters. The number of hydrogen-bond donors (Lipinski definition) is 0. The van der Waals surface area contributed by atoms with Crippen LogP contribution >= 0.6 is 0 Å². The molecule has 1 unspecified atom stereocenters. The highest BCUT2D eigenvalue weighted by atomic mass is 32.2. The van der Waals surface area contributed by atoms with E-state index in [4.69, 9.17) is 28.8 Å². The fraction of sp³-hybridized carbons (Fsp3) is 0.310. The molecule has 10 nitrogen and oxygen atoms in total. The first-order valence-corrected chi connectivity index (χ1v) is 14.4. The molecule has 212 valence electrons. The molecule has 0 saturated heterocycles. The van der Waals surface area contributed by atoms with Crippen molar-refractivity contribution in [3.63, 3.8) is 0 Å². The third-order valence-electron chi connectivity index (χ3n) is 6.36. The van der Waals surface area contributed by atoms with Gasteiger partial charge in [0.25, 0.3) is 0 Å². The predicted octanol–water partition coefficient (Wildman–Crippen LogP) is 4.41. The van der Waals surface area contributed by atoms with Gasteiger partial charge in [-0.1, -0.05) is 0 Å². The SMILES string of the molecule is CCOC(=O)COc1ccc(C2=NN(c3ccc(S(C)(=O)=O)cc3)C(c3cc(OC)c(OC)c(OC)c3)C2)cc1. The molecule has 0 saturated carbocycles. The van der Waals surface area contributed by atoms with Gasteiger partial charge in [-0.25, -0.2) is 13.2 Å². The summed E-state index contributed by atoms with van der Waals surface area (Å²) >= 11 is 0. The highest BCUT2D eigenvalue weighted by Gasteiger charge is 2.32. The quantitative estimate of drug-likeness (QED) is 0.310. The Morgan fingerprint density at radius 2 is 1.57 bits per heavy atom. The lowest BCUT2D eigenvalue weighted by molar-refractivity contribution is -0.145. The number of anilines is 1. The van der Waals surface area contributed by atoms with Crippen molar-refractivity contribution in [2.75, 3.05) is 45.8 Å². The Hall–Kier alpha value is -4.25. The maximum atomic E-state index is 12.0. The first-order valence-electron chi connectivity index (χ1n) is 12.5. The van der Waals surface area contributed by atoms with Gasteiger partial charge in [0.15, 0.2) is 27.9 Å². The molecule has 0 fully saturated rings. The Bertz CT molecular complexity index is 1460. The molecule has 3 aromatic carbocycles. The van der Waals surface area contributed by atoms with Crippen LogP contribution in [0.4, 0.5) is 5.69 Å². The molecule has 0 bridgehead atoms. The van der Waals surface area contributed by atoms with E-state index < -0.39 is 15.8 Å². The summed E-state index contributed by atoms with van der Waals surface area (Å²) in [6, 6.07) is 17.4. The number of ether oxygens (including phenoxy) is 5. The number of nitrogens with zero attached hydrogens (tertiary/aromatic N) is 2. The Kier molecular flexibility index (Phi) is 8.83. The largest absolute Gasteiger partial charge is 0.493 e. The topological polar surface area (TPSA) is 113 Å². The lowest BCUT2D eigenvalue weighted by atomic mass is 9.97. The van der Waals surface area contributed by atoms with E-state index in [-0.39, 0.29) is 17.5 Å². The Balaban J connectivity index is 1.69. The van der Waals surface area contributed by atoms with Crippen molar-refractivity contribution in [3.8, 4) is 23.0 Å². The van der Waals surface area contributed by atoms with Crippen LogP contribution in [-0.4, -0.2) is 60.9 Å². The van der Waals surface area contributed by atoms with Crippen LogP contribution in [0.3, 0.4) is 0 Å². The molecular formula is C29H32N2O8S. The van der Waals surface area contributed by atoms with Gasteiger partial charge in [-0.2, -0.15) is 5.10 Å². The summed E-state index contributed by atoms with van der Waals surface area (Å²) in [5.41, 5.74) is 3.27. The second-order valence-corrected chi connectivity index (χ2v) is 11.0. The molecule has 4 rings (SSSR count). The lowest BCUT2D eigenvalue weighted by Gasteiger charge is -2.25. The van der Waals surface area contributed by atoms with Crippen molar-refractivity contribution >= 4 is 27.2 Å². The van der Waals surface area contributed by atoms with Gasteiger partial charge in [-0.15, -0.1) is 0 Å². The Morgan fingerprint density at radius 1 is 0.950 bits per heavy atom. The van der Waals surface area contributed by atoms with Crippen molar-refractivity contribution in [2.45, 2.75) is 24.3 Å². The van der Waals surface area contributed by atoms with Crippen LogP contribution in [0.25, 0.3) is 0 Å². The molecule has 1 aliphatic rings. The summed E-state index contributed by atoms with van der Waals surface area (Å²) in [5.74, 6) is 1.61. The summed E-state index contributed by atoms with van der Waals surface area (Å²) in [7, 11) is 1.32. The van der Waals surface area contributed by atoms with E-state index in [1.54, 1.807) is 64.7 Å². The van der Waals surface area contributed by atoms with Crippen LogP contribution in [0.2, 0.25) is 0 Å². The van der Waals surface area contributed by atoms with E-state index in [2.05, 4.69) is 0 Å². The fourth-order valence-corrected chi connectivity index (χ4v) is 5.04. The summed E-state index contributed by atoms with van der Waals surface area (Å²) in [6.45, 7) is 1.86. The van der Waals surface area contributed by atoms with Crippen molar-refractivity contribution in [3.05, 3.63) is 71.8 Å². The summed E-state index contributed by atoms with van der Waals surface area (Å²) in [6.07, 6.45) is 1.71. The normalized spacial score (nSPS) is 14.9. The minimum atomic E-state index is -3.35. The zero-order valence-corrected chi connectivity index (χ0v) is 23.9. The minimum Gasteiger partial charge on any atom is -0.493 e. The lowest BCUT2D eigenvalue weighted by Crippen LogP contribution is -2.19. The van der Waals surface area contributed by atoms with Crippen LogP contribution in [0.15, 0.2) is 70.7 Å². The second-order valence-electron chi connectivity index (χ2n) is 8.95. The van der Waals surface area contributed by atoms with Crippen LogP contribution in [0, 0.1) is 0 Å². The zero-order valence-electron chi connectivity index (χ0n) is 23.0. The molecule has 0 N–H and O–H groups in total. The van der Waals surface area contributed by atoms with Crippen molar-refractivity contribution in [2.24, 2.45) is 5.10 Å². The molecule has 40 heavy (non-hydrogen) atoms. The van der Waals surface area contributed by atoms with Crippen LogP contribution in [0.5, 0.6) is 23.0 Å². The van der Waals surface area contributed by atoms with E-state index in [0.29, 0.717) is 36.0 Å². The number of rotatable bonds is 11. The number of sulfone groups is 1. The summed E-state index contributed by atoms with van der Waals surface area (Å²) < 4.78 is 51.1. The molecule has 1 heterocycles. The minimum absolute atomic E-state index is 0.172. The molecule has 11 heteroatoms. The highest BCUT2D eigenvalue weighted by molar-refractivity contribution is 7.90. The Morgan fingerprint density at radius 3 is 2.10 bits per heavy atom. The fourth-order valence-electron chi connectivity index (χ4n) is 4.41. The number of carbonyl (C=O) groups is 1. The molecular weight excluding hydrogens is 536 g/mol. The van der Waals surface area contributed by atoms with Gasteiger partial charge in [-0.3, -0.25) is 5.01 Å². The van der Waals surface area contributed by atoms with Crippen LogP contribution in [0.1, 0.15) is 30.5 Å². The van der Waals surface area contributed by atoms with E-state index in [1.807, 2.05) is 29.3 Å². The number of hydrogen-bond acceptors (Lipinski definition) is 10. The van der Waals surface area contributed by atoms with Gasteiger partial charge < -0.3 is 23.7 Å². The van der Waals surface area contributed by atoms with Crippen LogP contribution < -0.4 is 24.0 Å². The number of esters is 1. The third-order valence-corrected chi connectivity index (χ3v) is 7.49. The molecule has 0 amide bonds. The van der Waals surface area contributed by atoms with Gasteiger partial charge in [0, 0.05) is 12.7 Å². The van der Waals surface area contributed by atoms with E-state index >= 15 is 0 Å². The van der Waals surface area contributed by atoms with Gasteiger partial charge in [0.1, 0.15) is 5.75 Å². The van der Waals surface area contributed by atoms with Gasteiger partial charge in [0.2, 0.25) is 5.75 Å². The molecule has 1 aliphatic heterocycles. The van der Waals surface area contributed by atoms with Gasteiger partial charge in [-0.05, 0) is 78.7 Å². The smallest absolute Gasteiger partial charge is 0.344 e. The summed E-state index contributed by atoms with van der Waals surface area (Å²) in [4.78, 5) is 11.8. The summed E-state index contributed by atoms with van der Waals surface area (Å²) in [5, 5.41) is 6.79. The molecule has 0 spiro atoms. The number of benzene rings is 3. The second kappa shape index (κ2) is 12.3. The first-order chi connectivity index (χ1) is 19.2. The number of methoxy groups -OCH3 is 3. The average molecular weight is 569 g/mol. The number of carbonyl (C=O) groups excluding carboxylic acids is 1. The van der Waals surface area contributed by atoms with Crippen LogP contribution in [-0.2, 0) is 19.4 Å². The third kappa shape index (κ3) is 6.31. The monoisotopic (exact) mass is 568 g/mol. The number of hydrazone groups is 1. The van der Waals surface area contributed by atoms with Gasteiger partial charge >= 0.3 is 5.97 Å². The molecule has 3 aromatic rings. The average Bonchev–Trinajstić information content (AvgIpc) is 3.41. The molecule has 0 aliphatic carbocycles. The molecule has 0 radical (unpaired) electrons. The van der Waals surface area contributed by atoms with Crippen molar-refractivity contribution in [1.82, 2.24) is 0 Å². The van der Waals surface area contributed by atoms with E-state index in [1.165, 1.54) is 6.26 Å².